The number of fused-ring (bicyclic) bond motifs is 6. The van der Waals surface area contributed by atoms with Crippen molar-refractivity contribution in [3.63, 3.8) is 0 Å². The highest BCUT2D eigenvalue weighted by atomic mass is 79.9. The zero-order valence-electron chi connectivity index (χ0n) is 25.9. The Morgan fingerprint density at radius 3 is 2.54 bits per heavy atom. The molecule has 224 valence electrons. The molecule has 2 unspecified atom stereocenters. The Bertz CT molecular complexity index is 1400. The third kappa shape index (κ3) is 5.22. The predicted molar refractivity (Wildman–Crippen MR) is 183 cm³/mol. The van der Waals surface area contributed by atoms with Crippen LogP contribution in [0.2, 0.25) is 0 Å². The van der Waals surface area contributed by atoms with Crippen LogP contribution in [0.4, 0.5) is 0 Å². The van der Waals surface area contributed by atoms with Gasteiger partial charge in [-0.1, -0.05) is 109 Å². The van der Waals surface area contributed by atoms with Gasteiger partial charge in [-0.3, -0.25) is 0 Å². The quantitative estimate of drug-likeness (QED) is 0.212. The zero-order valence-corrected chi connectivity index (χ0v) is 29.9. The Hall–Kier alpha value is -0.720. The molecule has 0 saturated heterocycles. The molecule has 4 aliphatic rings. The van der Waals surface area contributed by atoms with E-state index in [2.05, 4.69) is 108 Å². The van der Waals surface area contributed by atoms with E-state index in [1.807, 2.05) is 0 Å². The zero-order chi connectivity index (χ0) is 29.1. The first-order valence-corrected chi connectivity index (χ1v) is 18.8. The first kappa shape index (κ1) is 30.3. The maximum absolute atomic E-state index is 4.84. The molecule has 1 heterocycles. The summed E-state index contributed by atoms with van der Waals surface area (Å²) in [4.78, 5) is 1.79. The van der Waals surface area contributed by atoms with E-state index < -0.39 is 0 Å². The van der Waals surface area contributed by atoms with Gasteiger partial charge < -0.3 is 4.57 Å². The maximum atomic E-state index is 4.84. The second-order valence-corrected chi connectivity index (χ2v) is 17.8. The van der Waals surface area contributed by atoms with Crippen LogP contribution < -0.4 is 4.80 Å². The van der Waals surface area contributed by atoms with Crippen molar-refractivity contribution in [2.45, 2.75) is 102 Å². The number of rotatable bonds is 6. The summed E-state index contributed by atoms with van der Waals surface area (Å²) in [6.07, 6.45) is 14.5. The number of halogens is 2. The van der Waals surface area contributed by atoms with E-state index in [0.717, 1.165) is 52.4 Å². The Morgan fingerprint density at radius 2 is 1.78 bits per heavy atom. The summed E-state index contributed by atoms with van der Waals surface area (Å²) >= 11 is 10.3. The number of benzene rings is 1. The number of aromatic nitrogens is 1. The Balaban J connectivity index is 1.25. The molecule has 1 aromatic heterocycles. The van der Waals surface area contributed by atoms with Crippen molar-refractivity contribution in [3.05, 3.63) is 40.7 Å². The second-order valence-electron chi connectivity index (χ2n) is 14.8. The number of aryl methyl sites for hydroxylation is 1. The lowest BCUT2D eigenvalue weighted by Gasteiger charge is -2.61. The van der Waals surface area contributed by atoms with Crippen molar-refractivity contribution in [1.82, 2.24) is 4.57 Å². The molecule has 0 N–H and O–H groups in total. The van der Waals surface area contributed by atoms with Gasteiger partial charge in [-0.15, -0.1) is 5.10 Å². The molecule has 0 amide bonds. The Kier molecular flexibility index (Phi) is 8.62. The van der Waals surface area contributed by atoms with E-state index in [9.17, 15) is 0 Å². The number of thiazole rings is 1. The largest absolute Gasteiger partial charge is 0.318 e. The summed E-state index contributed by atoms with van der Waals surface area (Å²) in [6.45, 7) is 12.6. The molecule has 3 saturated carbocycles. The number of hydrogen-bond donors (Lipinski definition) is 0. The lowest BCUT2D eigenvalue weighted by Crippen LogP contribution is -2.57. The molecule has 6 rings (SSSR count). The second kappa shape index (κ2) is 11.7. The van der Waals surface area contributed by atoms with E-state index >= 15 is 0 Å². The SMILES string of the molecule is CC(C)CCC[C@@H](C)[C@H]1CC[C@H]2[C@@H]3C(Br)C(Br)C4=C/C(=N/N=c5/sc6ccccc6n5C)CC[C@]4(C)[C@H]3CC[C@]12C. The van der Waals surface area contributed by atoms with Crippen LogP contribution in [0, 0.1) is 46.3 Å². The fourth-order valence-electron chi connectivity index (χ4n) is 9.88. The van der Waals surface area contributed by atoms with Gasteiger partial charge in [0, 0.05) is 16.7 Å². The molecular formula is C35H49Br2N3S. The van der Waals surface area contributed by atoms with Crippen LogP contribution in [0.25, 0.3) is 10.2 Å². The molecule has 0 spiro atoms. The number of allylic oxidation sites excluding steroid dienone is 2. The monoisotopic (exact) mass is 701 g/mol. The average Bonchev–Trinajstić information content (AvgIpc) is 3.47. The van der Waals surface area contributed by atoms with Gasteiger partial charge >= 0.3 is 0 Å². The molecule has 6 heteroatoms. The minimum absolute atomic E-state index is 0.243. The number of alkyl halides is 2. The van der Waals surface area contributed by atoms with Gasteiger partial charge in [-0.05, 0) is 109 Å². The first-order valence-electron chi connectivity index (χ1n) is 16.2. The Morgan fingerprint density at radius 1 is 1.00 bits per heavy atom. The van der Waals surface area contributed by atoms with E-state index in [0.29, 0.717) is 15.1 Å². The minimum atomic E-state index is 0.243. The van der Waals surface area contributed by atoms with Crippen LogP contribution in [0.5, 0.6) is 0 Å². The molecule has 2 aromatic rings. The van der Waals surface area contributed by atoms with E-state index in [1.54, 1.807) is 16.9 Å². The molecule has 3 nitrogen and oxygen atoms in total. The van der Waals surface area contributed by atoms with Crippen molar-refractivity contribution >= 4 is 59.1 Å². The van der Waals surface area contributed by atoms with Gasteiger partial charge in [-0.25, -0.2) is 0 Å². The van der Waals surface area contributed by atoms with Crippen LogP contribution in [-0.2, 0) is 7.05 Å². The smallest absolute Gasteiger partial charge is 0.211 e. The van der Waals surface area contributed by atoms with E-state index in [-0.39, 0.29) is 5.41 Å². The lowest BCUT2D eigenvalue weighted by molar-refractivity contribution is -0.0518. The fourth-order valence-corrected chi connectivity index (χ4v) is 12.9. The third-order valence-corrected chi connectivity index (χ3v) is 16.2. The van der Waals surface area contributed by atoms with Gasteiger partial charge in [0.15, 0.2) is 0 Å². The average molecular weight is 704 g/mol. The topological polar surface area (TPSA) is 29.6 Å². The predicted octanol–water partition coefficient (Wildman–Crippen LogP) is 10.3. The van der Waals surface area contributed by atoms with Crippen LogP contribution in [0.3, 0.4) is 0 Å². The Labute approximate surface area is 268 Å². The normalized spacial score (nSPS) is 39.1. The van der Waals surface area contributed by atoms with Crippen LogP contribution >= 0.6 is 43.2 Å². The van der Waals surface area contributed by atoms with E-state index in [4.69, 9.17) is 10.2 Å². The minimum Gasteiger partial charge on any atom is -0.318 e. The first-order chi connectivity index (χ1) is 19.5. The van der Waals surface area contributed by atoms with Crippen molar-refractivity contribution < 1.29 is 0 Å². The lowest BCUT2D eigenvalue weighted by atomic mass is 9.46. The molecule has 4 aliphatic carbocycles. The summed E-state index contributed by atoms with van der Waals surface area (Å²) in [5, 5.41) is 9.60. The number of nitrogens with zero attached hydrogens (tertiary/aromatic N) is 3. The van der Waals surface area contributed by atoms with Gasteiger partial charge in [0.2, 0.25) is 4.80 Å². The highest BCUT2D eigenvalue weighted by Crippen LogP contribution is 2.69. The summed E-state index contributed by atoms with van der Waals surface area (Å²) in [5.41, 5.74) is 4.65. The fraction of sp³-hybridized carbons (Fsp3) is 0.714. The summed E-state index contributed by atoms with van der Waals surface area (Å²) in [6, 6.07) is 8.51. The van der Waals surface area contributed by atoms with Gasteiger partial charge in [0.25, 0.3) is 0 Å². The molecule has 3 fully saturated rings. The van der Waals surface area contributed by atoms with Gasteiger partial charge in [0.1, 0.15) is 0 Å². The van der Waals surface area contributed by atoms with Crippen molar-refractivity contribution in [1.29, 1.82) is 0 Å². The molecular weight excluding hydrogens is 654 g/mol. The maximum Gasteiger partial charge on any atom is 0.211 e. The molecule has 9 atom stereocenters. The summed E-state index contributed by atoms with van der Waals surface area (Å²) in [7, 11) is 2.09. The summed E-state index contributed by atoms with van der Waals surface area (Å²) < 4.78 is 3.42. The van der Waals surface area contributed by atoms with Crippen molar-refractivity contribution in [2.24, 2.45) is 63.6 Å². The molecule has 0 radical (unpaired) electrons. The van der Waals surface area contributed by atoms with Crippen molar-refractivity contribution in [3.8, 4) is 0 Å². The molecule has 1 aromatic carbocycles. The third-order valence-electron chi connectivity index (χ3n) is 12.2. The van der Waals surface area contributed by atoms with Crippen molar-refractivity contribution in [2.75, 3.05) is 0 Å². The number of hydrogen-bond acceptors (Lipinski definition) is 3. The van der Waals surface area contributed by atoms with Crippen LogP contribution in [0.15, 0.2) is 46.1 Å². The van der Waals surface area contributed by atoms with Crippen LogP contribution in [0.1, 0.15) is 92.4 Å². The molecule has 0 bridgehead atoms. The summed E-state index contributed by atoms with van der Waals surface area (Å²) in [5.74, 6) is 4.89. The van der Waals surface area contributed by atoms with E-state index in [1.165, 1.54) is 61.6 Å². The highest BCUT2D eigenvalue weighted by Gasteiger charge is 2.63. The standard InChI is InChI=1S/C35H49Br2N3S/c1-21(2)10-9-11-22(3)24-14-15-25-30-26(17-19-34(24,25)4)35(5)18-16-23(20-27(35)31(36)32(30)37)38-39-33-40(6)28-12-7-8-13-29(28)41-33/h7-8,12-13,20-22,24-26,30-32H,9-11,14-19H2,1-6H3/b38-23+,39-33+/t22-,24-,25+,26+,30+,31?,32?,34-,35-/m1/s1. The van der Waals surface area contributed by atoms with Gasteiger partial charge in [0.05, 0.1) is 15.9 Å². The molecule has 41 heavy (non-hydrogen) atoms. The van der Waals surface area contributed by atoms with Gasteiger partial charge in [-0.2, -0.15) is 5.10 Å². The number of para-hydroxylation sites is 1. The highest BCUT2D eigenvalue weighted by molar-refractivity contribution is 9.12. The molecule has 0 aliphatic heterocycles. The van der Waals surface area contributed by atoms with Crippen LogP contribution in [-0.4, -0.2) is 19.9 Å².